The van der Waals surface area contributed by atoms with E-state index in [0.717, 1.165) is 49.5 Å². The lowest BCUT2D eigenvalue weighted by molar-refractivity contribution is -0.142. The van der Waals surface area contributed by atoms with E-state index in [2.05, 4.69) is 18.2 Å². The van der Waals surface area contributed by atoms with Gasteiger partial charge in [-0.15, -0.1) is 0 Å². The summed E-state index contributed by atoms with van der Waals surface area (Å²) in [5, 5.41) is 11.3. The molecule has 1 spiro atoms. The molecular weight excluding hydrogens is 354 g/mol. The van der Waals surface area contributed by atoms with E-state index >= 15 is 0 Å². The van der Waals surface area contributed by atoms with E-state index in [-0.39, 0.29) is 12.0 Å². The summed E-state index contributed by atoms with van der Waals surface area (Å²) in [5.41, 5.74) is 1.94. The molecule has 0 bridgehead atoms. The zero-order valence-electron chi connectivity index (χ0n) is 15.9. The number of hydrogen-bond acceptors (Lipinski definition) is 3. The van der Waals surface area contributed by atoms with Gasteiger partial charge in [-0.2, -0.15) is 0 Å². The number of fused-ring (bicyclic) bond motifs is 1. The van der Waals surface area contributed by atoms with Gasteiger partial charge in [-0.1, -0.05) is 24.3 Å². The van der Waals surface area contributed by atoms with Crippen LogP contribution in [0.5, 0.6) is 0 Å². The second kappa shape index (κ2) is 6.59. The van der Waals surface area contributed by atoms with E-state index in [1.54, 1.807) is 12.1 Å². The zero-order chi connectivity index (χ0) is 19.3. The van der Waals surface area contributed by atoms with E-state index in [1.165, 1.54) is 12.0 Å². The van der Waals surface area contributed by atoms with Crippen LogP contribution >= 0.6 is 0 Å². The molecule has 5 rings (SSSR count). The maximum atomic E-state index is 12.6. The van der Waals surface area contributed by atoms with E-state index < -0.39 is 5.97 Å². The first-order valence-corrected chi connectivity index (χ1v) is 10.2. The van der Waals surface area contributed by atoms with Crippen LogP contribution < -0.4 is 0 Å². The van der Waals surface area contributed by atoms with Gasteiger partial charge in [-0.25, -0.2) is 4.79 Å². The topological polar surface area (TPSA) is 66.8 Å². The summed E-state index contributed by atoms with van der Waals surface area (Å²) in [6, 6.07) is 11.7. The number of carboxylic acids is 1. The number of piperidine rings is 1. The number of carbonyl (C=O) groups is 2. The Labute approximate surface area is 164 Å². The van der Waals surface area contributed by atoms with Crippen LogP contribution in [0, 0.1) is 5.41 Å². The summed E-state index contributed by atoms with van der Waals surface area (Å²) in [7, 11) is 0. The van der Waals surface area contributed by atoms with Gasteiger partial charge in [-0.3, -0.25) is 4.79 Å². The van der Waals surface area contributed by atoms with Crippen molar-refractivity contribution in [2.75, 3.05) is 19.7 Å². The summed E-state index contributed by atoms with van der Waals surface area (Å²) in [5.74, 6) is -0.194. The van der Waals surface area contributed by atoms with E-state index in [9.17, 15) is 14.7 Å². The van der Waals surface area contributed by atoms with Crippen molar-refractivity contribution >= 4 is 22.6 Å². The third kappa shape index (κ3) is 2.98. The van der Waals surface area contributed by atoms with Gasteiger partial charge < -0.3 is 14.7 Å². The van der Waals surface area contributed by atoms with Gasteiger partial charge in [0.1, 0.15) is 6.10 Å². The number of rotatable bonds is 3. The summed E-state index contributed by atoms with van der Waals surface area (Å²) < 4.78 is 5.56. The minimum Gasteiger partial charge on any atom is -0.478 e. The highest BCUT2D eigenvalue weighted by atomic mass is 16.5. The minimum absolute atomic E-state index is 0.177. The maximum absolute atomic E-state index is 12.6. The molecule has 2 aromatic carbocycles. The Kier molecular flexibility index (Phi) is 4.16. The Morgan fingerprint density at radius 2 is 1.86 bits per heavy atom. The van der Waals surface area contributed by atoms with Crippen LogP contribution in [0.3, 0.4) is 0 Å². The highest BCUT2D eigenvalue weighted by Gasteiger charge is 2.55. The molecular formula is C23H25NO4. The molecule has 2 aromatic rings. The predicted octanol–water partition coefficient (Wildman–Crippen LogP) is 3.81. The quantitative estimate of drug-likeness (QED) is 0.881. The molecule has 5 nitrogen and oxygen atoms in total. The second-order valence-electron chi connectivity index (χ2n) is 8.57. The van der Waals surface area contributed by atoms with Gasteiger partial charge in [-0.05, 0) is 71.9 Å². The fourth-order valence-corrected chi connectivity index (χ4v) is 5.14. The molecule has 1 aliphatic carbocycles. The van der Waals surface area contributed by atoms with E-state index in [4.69, 9.17) is 4.74 Å². The zero-order valence-corrected chi connectivity index (χ0v) is 15.9. The molecule has 3 aliphatic rings. The average Bonchev–Trinajstić information content (AvgIpc) is 3.14. The summed E-state index contributed by atoms with van der Waals surface area (Å²) in [4.78, 5) is 25.8. The number of likely N-dealkylation sites (tertiary alicyclic amines) is 1. The van der Waals surface area contributed by atoms with Crippen LogP contribution in [0.1, 0.15) is 53.9 Å². The number of nitrogens with zero attached hydrogens (tertiary/aromatic N) is 1. The molecule has 3 fully saturated rings. The fraction of sp³-hybridized carbons (Fsp3) is 0.478. The Bertz CT molecular complexity index is 939. The highest BCUT2D eigenvalue weighted by Crippen LogP contribution is 2.65. The lowest BCUT2D eigenvalue weighted by atomic mass is 9.88. The molecule has 1 unspecified atom stereocenters. The molecule has 2 heterocycles. The van der Waals surface area contributed by atoms with Crippen molar-refractivity contribution in [2.45, 2.75) is 44.1 Å². The first-order valence-electron chi connectivity index (χ1n) is 10.2. The Morgan fingerprint density at radius 3 is 2.57 bits per heavy atom. The molecule has 1 saturated carbocycles. The van der Waals surface area contributed by atoms with Gasteiger partial charge in [0, 0.05) is 19.7 Å². The SMILES string of the molecule is O=C(O)c1ccc2ccc([C@H]3CC34CCN(C(=O)C3CCCO3)CC4)cc2c1. The number of amides is 1. The summed E-state index contributed by atoms with van der Waals surface area (Å²) in [6.07, 6.45) is 4.89. The van der Waals surface area contributed by atoms with Crippen molar-refractivity contribution in [3.05, 3.63) is 47.5 Å². The van der Waals surface area contributed by atoms with E-state index in [0.29, 0.717) is 23.5 Å². The molecule has 0 radical (unpaired) electrons. The fourth-order valence-electron chi connectivity index (χ4n) is 5.14. The number of carboxylic acid groups (broad SMARTS) is 1. The van der Waals surface area contributed by atoms with Gasteiger partial charge in [0.25, 0.3) is 5.91 Å². The lowest BCUT2D eigenvalue weighted by Crippen LogP contribution is -2.44. The van der Waals surface area contributed by atoms with Crippen LogP contribution in [0.15, 0.2) is 36.4 Å². The number of ether oxygens (including phenoxy) is 1. The van der Waals surface area contributed by atoms with Crippen LogP contribution in [0.2, 0.25) is 0 Å². The Morgan fingerprint density at radius 1 is 1.07 bits per heavy atom. The summed E-state index contributed by atoms with van der Waals surface area (Å²) >= 11 is 0. The first-order chi connectivity index (χ1) is 13.6. The van der Waals surface area contributed by atoms with Crippen LogP contribution in [0.4, 0.5) is 0 Å². The van der Waals surface area contributed by atoms with Gasteiger partial charge in [0.05, 0.1) is 5.56 Å². The molecule has 2 aliphatic heterocycles. The standard InChI is InChI=1S/C23H25NO4/c25-21(20-2-1-11-28-20)24-9-7-23(8-10-24)14-19(23)16-5-3-15-4-6-17(22(26)27)13-18(15)12-16/h3-6,12-13,19-20H,1-2,7-11,14H2,(H,26,27)/t19-,20?/m1/s1. The third-order valence-corrected chi connectivity index (χ3v) is 6.98. The van der Waals surface area contributed by atoms with E-state index in [1.807, 2.05) is 11.0 Å². The molecule has 2 saturated heterocycles. The van der Waals surface area contributed by atoms with Crippen LogP contribution in [-0.4, -0.2) is 47.7 Å². The maximum Gasteiger partial charge on any atom is 0.335 e. The van der Waals surface area contributed by atoms with Crippen molar-refractivity contribution in [1.82, 2.24) is 4.90 Å². The first kappa shape index (κ1) is 17.7. The Balaban J connectivity index is 1.29. The molecule has 2 atom stereocenters. The molecule has 28 heavy (non-hydrogen) atoms. The van der Waals surface area contributed by atoms with Crippen LogP contribution in [-0.2, 0) is 9.53 Å². The van der Waals surface area contributed by atoms with Gasteiger partial charge in [0.2, 0.25) is 0 Å². The third-order valence-electron chi connectivity index (χ3n) is 6.98. The normalized spacial score (nSPS) is 25.9. The second-order valence-corrected chi connectivity index (χ2v) is 8.57. The number of aromatic carboxylic acids is 1. The number of hydrogen-bond donors (Lipinski definition) is 1. The molecule has 0 aromatic heterocycles. The summed E-state index contributed by atoms with van der Waals surface area (Å²) in [6.45, 7) is 2.36. The Hall–Kier alpha value is -2.40. The number of carbonyl (C=O) groups excluding carboxylic acids is 1. The predicted molar refractivity (Wildman–Crippen MR) is 105 cm³/mol. The van der Waals surface area contributed by atoms with Crippen molar-refractivity contribution < 1.29 is 19.4 Å². The lowest BCUT2D eigenvalue weighted by Gasteiger charge is -2.34. The molecule has 146 valence electrons. The number of benzene rings is 2. The van der Waals surface area contributed by atoms with Gasteiger partial charge in [0.15, 0.2) is 0 Å². The highest BCUT2D eigenvalue weighted by molar-refractivity contribution is 5.94. The largest absolute Gasteiger partial charge is 0.478 e. The van der Waals surface area contributed by atoms with Crippen LogP contribution in [0.25, 0.3) is 10.8 Å². The molecule has 5 heteroatoms. The molecule has 1 amide bonds. The van der Waals surface area contributed by atoms with Crippen molar-refractivity contribution in [2.24, 2.45) is 5.41 Å². The molecule has 1 N–H and O–H groups in total. The van der Waals surface area contributed by atoms with Crippen molar-refractivity contribution in [3.63, 3.8) is 0 Å². The monoisotopic (exact) mass is 379 g/mol. The van der Waals surface area contributed by atoms with Crippen molar-refractivity contribution in [1.29, 1.82) is 0 Å². The smallest absolute Gasteiger partial charge is 0.335 e. The van der Waals surface area contributed by atoms with Gasteiger partial charge >= 0.3 is 5.97 Å². The van der Waals surface area contributed by atoms with Crippen molar-refractivity contribution in [3.8, 4) is 0 Å². The average molecular weight is 379 g/mol. The minimum atomic E-state index is -0.890.